The number of anilines is 1. The molecule has 0 aliphatic carbocycles. The Morgan fingerprint density at radius 2 is 1.78 bits per heavy atom. The highest BCUT2D eigenvalue weighted by molar-refractivity contribution is 9.10. The van der Waals surface area contributed by atoms with Crippen molar-refractivity contribution in [2.75, 3.05) is 19.0 Å². The largest absolute Gasteiger partial charge is 0.497 e. The number of carbonyl (C=O) groups is 3. The average molecular weight is 557 g/mol. The minimum absolute atomic E-state index is 0.0384. The predicted molar refractivity (Wildman–Crippen MR) is 135 cm³/mol. The lowest BCUT2D eigenvalue weighted by Crippen LogP contribution is -2.37. The molecule has 11 heteroatoms. The van der Waals surface area contributed by atoms with Crippen LogP contribution in [-0.2, 0) is 20.9 Å². The fourth-order valence-corrected chi connectivity index (χ4v) is 3.17. The minimum atomic E-state index is -0.927. The fourth-order valence-electron chi connectivity index (χ4n) is 2.83. The maximum atomic E-state index is 13.8. The lowest BCUT2D eigenvalue weighted by molar-refractivity contribution is -0.139. The molecule has 3 amide bonds. The number of amides is 3. The van der Waals surface area contributed by atoms with Crippen molar-refractivity contribution >= 4 is 45.6 Å². The molecule has 0 fully saturated rings. The molecular weight excluding hydrogens is 535 g/mol. The molecule has 3 rings (SSSR count). The Hall–Kier alpha value is -4.25. The van der Waals surface area contributed by atoms with Gasteiger partial charge in [0.25, 0.3) is 5.91 Å². The zero-order valence-corrected chi connectivity index (χ0v) is 20.7. The summed E-state index contributed by atoms with van der Waals surface area (Å²) in [6.07, 6.45) is 1.32. The summed E-state index contributed by atoms with van der Waals surface area (Å²) in [4.78, 5) is 35.9. The van der Waals surface area contributed by atoms with Gasteiger partial charge < -0.3 is 20.1 Å². The molecule has 0 aromatic heterocycles. The van der Waals surface area contributed by atoms with Crippen LogP contribution in [0.2, 0.25) is 0 Å². The second-order valence-electron chi connectivity index (χ2n) is 7.26. The van der Waals surface area contributed by atoms with Crippen molar-refractivity contribution in [3.8, 4) is 11.5 Å². The smallest absolute Gasteiger partial charge is 0.329 e. The van der Waals surface area contributed by atoms with E-state index in [2.05, 4.69) is 37.1 Å². The molecule has 0 aliphatic heterocycles. The van der Waals surface area contributed by atoms with Gasteiger partial charge in [0, 0.05) is 11.0 Å². The van der Waals surface area contributed by atoms with Crippen LogP contribution in [0, 0.1) is 5.82 Å². The topological polar surface area (TPSA) is 118 Å². The van der Waals surface area contributed by atoms with E-state index in [-0.39, 0.29) is 18.8 Å². The first-order chi connectivity index (χ1) is 17.3. The molecule has 0 saturated heterocycles. The van der Waals surface area contributed by atoms with Gasteiger partial charge in [-0.05, 0) is 53.6 Å². The maximum absolute atomic E-state index is 13.8. The number of nitrogens with zero attached hydrogens (tertiary/aromatic N) is 1. The Labute approximate surface area is 214 Å². The van der Waals surface area contributed by atoms with Crippen LogP contribution in [0.4, 0.5) is 10.1 Å². The summed E-state index contributed by atoms with van der Waals surface area (Å²) in [5, 5.41) is 8.69. The van der Waals surface area contributed by atoms with E-state index in [1.54, 1.807) is 61.7 Å². The molecular formula is C25H22BrFN4O5. The van der Waals surface area contributed by atoms with Gasteiger partial charge in [0.2, 0.25) is 0 Å². The van der Waals surface area contributed by atoms with Crippen LogP contribution in [0.1, 0.15) is 11.1 Å². The number of halogens is 2. The highest BCUT2D eigenvalue weighted by Crippen LogP contribution is 2.19. The number of hydrogen-bond donors (Lipinski definition) is 3. The third-order valence-electron chi connectivity index (χ3n) is 4.63. The average Bonchev–Trinajstić information content (AvgIpc) is 2.88. The molecule has 3 aromatic rings. The number of nitrogens with one attached hydrogen (secondary N) is 3. The summed E-state index contributed by atoms with van der Waals surface area (Å²) >= 11 is 3.15. The van der Waals surface area contributed by atoms with Crippen molar-refractivity contribution in [3.05, 3.63) is 88.1 Å². The summed E-state index contributed by atoms with van der Waals surface area (Å²) in [7, 11) is 1.55. The van der Waals surface area contributed by atoms with Crippen LogP contribution in [0.25, 0.3) is 0 Å². The van der Waals surface area contributed by atoms with Crippen molar-refractivity contribution in [2.45, 2.75) is 6.54 Å². The highest BCUT2D eigenvalue weighted by atomic mass is 79.9. The SMILES string of the molecule is COc1ccc(CNC(=O)C(=O)N/N=C\c2cccc(OCC(=O)Nc3ccc(Br)cc3F)c2)cc1. The molecule has 0 bridgehead atoms. The number of carbonyl (C=O) groups excluding carboxylic acids is 3. The molecule has 0 saturated carbocycles. The Bertz CT molecular complexity index is 1270. The van der Waals surface area contributed by atoms with E-state index in [0.29, 0.717) is 21.5 Å². The van der Waals surface area contributed by atoms with Crippen molar-refractivity contribution in [2.24, 2.45) is 5.10 Å². The molecule has 9 nitrogen and oxygen atoms in total. The minimum Gasteiger partial charge on any atom is -0.497 e. The Balaban J connectivity index is 1.44. The fraction of sp³-hybridized carbons (Fsp3) is 0.120. The van der Waals surface area contributed by atoms with Crippen LogP contribution in [0.15, 0.2) is 76.3 Å². The molecule has 0 aliphatic rings. The van der Waals surface area contributed by atoms with Gasteiger partial charge in [0.05, 0.1) is 19.0 Å². The predicted octanol–water partition coefficient (Wildman–Crippen LogP) is 3.38. The summed E-state index contributed by atoms with van der Waals surface area (Å²) in [6, 6.07) is 17.9. The summed E-state index contributed by atoms with van der Waals surface area (Å²) < 4.78 is 24.9. The van der Waals surface area contributed by atoms with Gasteiger partial charge in [-0.1, -0.05) is 40.2 Å². The van der Waals surface area contributed by atoms with E-state index in [1.165, 1.54) is 18.3 Å². The monoisotopic (exact) mass is 556 g/mol. The van der Waals surface area contributed by atoms with E-state index in [9.17, 15) is 18.8 Å². The van der Waals surface area contributed by atoms with Crippen molar-refractivity contribution < 1.29 is 28.2 Å². The number of methoxy groups -OCH3 is 1. The third-order valence-corrected chi connectivity index (χ3v) is 5.12. The maximum Gasteiger partial charge on any atom is 0.329 e. The van der Waals surface area contributed by atoms with Crippen LogP contribution >= 0.6 is 15.9 Å². The second-order valence-corrected chi connectivity index (χ2v) is 8.18. The van der Waals surface area contributed by atoms with Gasteiger partial charge >= 0.3 is 11.8 Å². The van der Waals surface area contributed by atoms with Crippen molar-refractivity contribution in [1.29, 1.82) is 0 Å². The third kappa shape index (κ3) is 8.20. The lowest BCUT2D eigenvalue weighted by Gasteiger charge is -2.09. The number of rotatable bonds is 9. The van der Waals surface area contributed by atoms with E-state index in [4.69, 9.17) is 9.47 Å². The Morgan fingerprint density at radius 1 is 1.00 bits per heavy atom. The van der Waals surface area contributed by atoms with Crippen LogP contribution < -0.4 is 25.5 Å². The first-order valence-electron chi connectivity index (χ1n) is 10.6. The van der Waals surface area contributed by atoms with E-state index >= 15 is 0 Å². The van der Waals surface area contributed by atoms with Gasteiger partial charge in [-0.25, -0.2) is 9.82 Å². The molecule has 0 atom stereocenters. The molecule has 0 heterocycles. The number of ether oxygens (including phenoxy) is 2. The summed E-state index contributed by atoms with van der Waals surface area (Å²) in [6.45, 7) is -0.178. The standard InChI is InChI=1S/C25H22BrFN4O5/c1-35-19-8-5-16(6-9-19)13-28-24(33)25(34)31-29-14-17-3-2-4-20(11-17)36-15-23(32)30-22-10-7-18(26)12-21(22)27/h2-12,14H,13,15H2,1H3,(H,28,33)(H,30,32)(H,31,34)/b29-14-. The molecule has 3 N–H and O–H groups in total. The Kier molecular flexibility index (Phi) is 9.52. The van der Waals surface area contributed by atoms with Gasteiger partial charge in [0.1, 0.15) is 17.3 Å². The lowest BCUT2D eigenvalue weighted by atomic mass is 10.2. The number of hydrogen-bond acceptors (Lipinski definition) is 6. The molecule has 3 aromatic carbocycles. The van der Waals surface area contributed by atoms with Gasteiger partial charge in [0.15, 0.2) is 6.61 Å². The molecule has 186 valence electrons. The van der Waals surface area contributed by atoms with Crippen LogP contribution in [-0.4, -0.2) is 37.7 Å². The van der Waals surface area contributed by atoms with Crippen molar-refractivity contribution in [1.82, 2.24) is 10.7 Å². The van der Waals surface area contributed by atoms with Crippen molar-refractivity contribution in [3.63, 3.8) is 0 Å². The van der Waals surface area contributed by atoms with E-state index in [0.717, 1.165) is 5.56 Å². The van der Waals surface area contributed by atoms with Gasteiger partial charge in [-0.3, -0.25) is 14.4 Å². The van der Waals surface area contributed by atoms with Crippen LogP contribution in [0.3, 0.4) is 0 Å². The normalized spacial score (nSPS) is 10.5. The molecule has 0 radical (unpaired) electrons. The molecule has 36 heavy (non-hydrogen) atoms. The first-order valence-corrected chi connectivity index (χ1v) is 11.4. The summed E-state index contributed by atoms with van der Waals surface area (Å²) in [5.74, 6) is -1.84. The van der Waals surface area contributed by atoms with E-state index < -0.39 is 23.5 Å². The van der Waals surface area contributed by atoms with Crippen LogP contribution in [0.5, 0.6) is 11.5 Å². The molecule has 0 unspecified atom stereocenters. The van der Waals surface area contributed by atoms with Gasteiger partial charge in [-0.15, -0.1) is 0 Å². The zero-order valence-electron chi connectivity index (χ0n) is 19.1. The first kappa shape index (κ1) is 26.4. The van der Waals surface area contributed by atoms with Gasteiger partial charge in [-0.2, -0.15) is 5.10 Å². The number of benzene rings is 3. The zero-order chi connectivity index (χ0) is 25.9. The number of hydrazone groups is 1. The quantitative estimate of drug-likeness (QED) is 0.212. The summed E-state index contributed by atoms with van der Waals surface area (Å²) in [5.41, 5.74) is 3.53. The Morgan fingerprint density at radius 3 is 2.50 bits per heavy atom. The highest BCUT2D eigenvalue weighted by Gasteiger charge is 2.12. The molecule has 0 spiro atoms. The second kappa shape index (κ2) is 13.0. The van der Waals surface area contributed by atoms with E-state index in [1.807, 2.05) is 0 Å².